The van der Waals surface area contributed by atoms with Crippen LogP contribution in [-0.2, 0) is 22.5 Å². The fraction of sp³-hybridized carbons (Fsp3) is 0.417. The van der Waals surface area contributed by atoms with Gasteiger partial charge in [0.2, 0.25) is 0 Å². The number of ether oxygens (including phenoxy) is 2. The van der Waals surface area contributed by atoms with E-state index in [1.165, 1.54) is 5.56 Å². The van der Waals surface area contributed by atoms with Crippen LogP contribution in [0.2, 0.25) is 5.02 Å². The number of nitrogens with one attached hydrogen (secondary N) is 1. The molecule has 168 valence electrons. The SMILES string of the molecule is CCC(=O)Oc1c(Cl)cccc1NCC1Cc2ccccc2CN1C(=O)OC(C)(C)C.[H-].[Li+]. The van der Waals surface area contributed by atoms with Crippen molar-refractivity contribution in [2.24, 2.45) is 0 Å². The Morgan fingerprint density at radius 1 is 1.16 bits per heavy atom. The Morgan fingerprint density at radius 2 is 1.84 bits per heavy atom. The van der Waals surface area contributed by atoms with Crippen LogP contribution >= 0.6 is 11.6 Å². The van der Waals surface area contributed by atoms with Crippen molar-refractivity contribution in [2.45, 2.75) is 58.7 Å². The van der Waals surface area contributed by atoms with Crippen LogP contribution in [-0.4, -0.2) is 35.2 Å². The topological polar surface area (TPSA) is 67.9 Å². The van der Waals surface area contributed by atoms with Crippen molar-refractivity contribution < 1.29 is 39.4 Å². The first-order chi connectivity index (χ1) is 14.7. The number of amides is 1. The predicted molar refractivity (Wildman–Crippen MR) is 123 cm³/mol. The molecule has 8 heteroatoms. The Kier molecular flexibility index (Phi) is 9.09. The van der Waals surface area contributed by atoms with Crippen molar-refractivity contribution in [2.75, 3.05) is 11.9 Å². The molecule has 0 aliphatic carbocycles. The van der Waals surface area contributed by atoms with Crippen LogP contribution < -0.4 is 28.9 Å². The number of carbonyl (C=O) groups is 2. The summed E-state index contributed by atoms with van der Waals surface area (Å²) in [7, 11) is 0. The molecule has 1 aliphatic heterocycles. The smallest absolute Gasteiger partial charge is 1.00 e. The van der Waals surface area contributed by atoms with Crippen molar-refractivity contribution >= 4 is 29.4 Å². The zero-order chi connectivity index (χ0) is 22.6. The molecule has 0 saturated heterocycles. The quantitative estimate of drug-likeness (QED) is 0.429. The van der Waals surface area contributed by atoms with Crippen LogP contribution in [0.5, 0.6) is 5.75 Å². The maximum atomic E-state index is 12.9. The summed E-state index contributed by atoms with van der Waals surface area (Å²) in [5.41, 5.74) is 2.35. The number of rotatable bonds is 5. The number of benzene rings is 2. The minimum atomic E-state index is -0.583. The molecule has 0 fully saturated rings. The maximum absolute atomic E-state index is 12.9. The Labute approximate surface area is 208 Å². The number of nitrogens with zero attached hydrogens (tertiary/aromatic N) is 1. The minimum Gasteiger partial charge on any atom is -1.00 e. The minimum absolute atomic E-state index is 0. The van der Waals surface area contributed by atoms with Gasteiger partial charge < -0.3 is 16.2 Å². The van der Waals surface area contributed by atoms with E-state index >= 15 is 0 Å². The number of anilines is 1. The second kappa shape index (κ2) is 11.1. The summed E-state index contributed by atoms with van der Waals surface area (Å²) in [5.74, 6) is -0.0610. The van der Waals surface area contributed by atoms with Crippen LogP contribution in [0.4, 0.5) is 10.5 Å². The van der Waals surface area contributed by atoms with Gasteiger partial charge in [0, 0.05) is 19.5 Å². The van der Waals surface area contributed by atoms with E-state index in [0.717, 1.165) is 5.56 Å². The summed E-state index contributed by atoms with van der Waals surface area (Å²) in [6.07, 6.45) is 0.585. The molecule has 1 N–H and O–H groups in total. The van der Waals surface area contributed by atoms with E-state index in [-0.39, 0.29) is 44.8 Å². The second-order valence-corrected chi connectivity index (χ2v) is 8.97. The van der Waals surface area contributed by atoms with E-state index in [1.54, 1.807) is 30.0 Å². The van der Waals surface area contributed by atoms with Crippen LogP contribution in [0.25, 0.3) is 0 Å². The maximum Gasteiger partial charge on any atom is 1.00 e. The van der Waals surface area contributed by atoms with Gasteiger partial charge >= 0.3 is 30.9 Å². The molecule has 1 atom stereocenters. The largest absolute Gasteiger partial charge is 1.00 e. The Hall–Kier alpha value is -2.13. The van der Waals surface area contributed by atoms with E-state index in [4.69, 9.17) is 21.1 Å². The van der Waals surface area contributed by atoms with Crippen LogP contribution in [0.1, 0.15) is 46.7 Å². The molecule has 1 heterocycles. The van der Waals surface area contributed by atoms with Crippen LogP contribution in [0.15, 0.2) is 42.5 Å². The number of esters is 1. The summed E-state index contributed by atoms with van der Waals surface area (Å²) in [6.45, 7) is 8.23. The molecule has 1 unspecified atom stereocenters. The number of hydrogen-bond donors (Lipinski definition) is 1. The Balaban J connectivity index is 0.00000272. The monoisotopic (exact) mass is 452 g/mol. The number of para-hydroxylation sites is 1. The average molecular weight is 453 g/mol. The van der Waals surface area contributed by atoms with Crippen molar-refractivity contribution in [3.8, 4) is 5.75 Å². The number of fused-ring (bicyclic) bond motifs is 1. The standard InChI is InChI=1S/C24H29ClN2O4.Li.H/c1-5-21(28)30-22-19(25)11-8-12-20(22)26-14-18-13-16-9-6-7-10-17(16)15-27(18)23(29)31-24(2,3)4;;/h6-12,18,26H,5,13-15H2,1-4H3;;/q;+1;-1. The molecule has 0 spiro atoms. The fourth-order valence-electron chi connectivity index (χ4n) is 3.47. The Morgan fingerprint density at radius 3 is 2.50 bits per heavy atom. The summed E-state index contributed by atoms with van der Waals surface area (Å²) in [6, 6.07) is 13.2. The van der Waals surface area contributed by atoms with E-state index in [1.807, 2.05) is 39.0 Å². The fourth-order valence-corrected chi connectivity index (χ4v) is 3.68. The van der Waals surface area contributed by atoms with Crippen molar-refractivity contribution in [1.82, 2.24) is 4.90 Å². The Bertz CT molecular complexity index is 968. The second-order valence-electron chi connectivity index (χ2n) is 8.56. The van der Waals surface area contributed by atoms with Gasteiger partial charge in [-0.1, -0.05) is 48.9 Å². The molecular formula is C24H30ClLiN2O4. The van der Waals surface area contributed by atoms with Gasteiger partial charge in [0.15, 0.2) is 5.75 Å². The molecule has 0 saturated carbocycles. The zero-order valence-corrected chi connectivity index (χ0v) is 20.2. The molecule has 2 aromatic rings. The third-order valence-electron chi connectivity index (χ3n) is 4.98. The van der Waals surface area contributed by atoms with Gasteiger partial charge in [0.05, 0.1) is 16.8 Å². The molecule has 0 radical (unpaired) electrons. The number of carbonyl (C=O) groups excluding carboxylic acids is 2. The van der Waals surface area contributed by atoms with Crippen molar-refractivity contribution in [1.29, 1.82) is 0 Å². The molecule has 6 nitrogen and oxygen atoms in total. The molecule has 0 aromatic heterocycles. The third-order valence-corrected chi connectivity index (χ3v) is 5.28. The molecule has 32 heavy (non-hydrogen) atoms. The number of halogens is 1. The van der Waals surface area contributed by atoms with Gasteiger partial charge in [-0.25, -0.2) is 4.79 Å². The van der Waals surface area contributed by atoms with Gasteiger partial charge in [-0.2, -0.15) is 0 Å². The molecular weight excluding hydrogens is 423 g/mol. The summed E-state index contributed by atoms with van der Waals surface area (Å²) in [4.78, 5) is 26.5. The third kappa shape index (κ3) is 6.68. The molecule has 1 aliphatic rings. The molecule has 0 bridgehead atoms. The van der Waals surface area contributed by atoms with E-state index < -0.39 is 5.60 Å². The zero-order valence-electron chi connectivity index (χ0n) is 20.4. The van der Waals surface area contributed by atoms with E-state index in [9.17, 15) is 9.59 Å². The van der Waals surface area contributed by atoms with Gasteiger partial charge in [-0.15, -0.1) is 0 Å². The first-order valence-corrected chi connectivity index (χ1v) is 10.8. The normalized spacial score (nSPS) is 15.3. The summed E-state index contributed by atoms with van der Waals surface area (Å²) in [5, 5.41) is 3.67. The van der Waals surface area contributed by atoms with E-state index in [0.29, 0.717) is 36.0 Å². The molecule has 3 rings (SSSR count). The van der Waals surface area contributed by atoms with Crippen LogP contribution in [0.3, 0.4) is 0 Å². The first-order valence-electron chi connectivity index (χ1n) is 10.5. The number of hydrogen-bond acceptors (Lipinski definition) is 5. The van der Waals surface area contributed by atoms with Gasteiger partial charge in [-0.3, -0.25) is 9.69 Å². The van der Waals surface area contributed by atoms with E-state index in [2.05, 4.69) is 11.4 Å². The van der Waals surface area contributed by atoms with Gasteiger partial charge in [0.1, 0.15) is 5.60 Å². The van der Waals surface area contributed by atoms with Crippen LogP contribution in [0, 0.1) is 0 Å². The summed E-state index contributed by atoms with van der Waals surface area (Å²) >= 11 is 6.27. The first kappa shape index (κ1) is 26.1. The van der Waals surface area contributed by atoms with Crippen molar-refractivity contribution in [3.63, 3.8) is 0 Å². The molecule has 1 amide bonds. The van der Waals surface area contributed by atoms with Crippen molar-refractivity contribution in [3.05, 3.63) is 58.6 Å². The van der Waals surface area contributed by atoms with Gasteiger partial charge in [0.25, 0.3) is 0 Å². The predicted octanol–water partition coefficient (Wildman–Crippen LogP) is 2.55. The van der Waals surface area contributed by atoms with Gasteiger partial charge in [-0.05, 0) is 50.5 Å². The summed E-state index contributed by atoms with van der Waals surface area (Å²) < 4.78 is 11.1. The average Bonchev–Trinajstić information content (AvgIpc) is 2.72. The molecule has 2 aromatic carbocycles.